The van der Waals surface area contributed by atoms with E-state index in [9.17, 15) is 13.2 Å². The van der Waals surface area contributed by atoms with E-state index < -0.39 is 15.7 Å². The SMILES string of the molecule is COCCCS(=O)(=O)Cc1ccc(C(N)=O)cc1N. The number of carbonyl (C=O) groups excluding carboxylic acids is 1. The Balaban J connectivity index is 2.79. The Morgan fingerprint density at radius 1 is 1.37 bits per heavy atom. The molecular formula is C12H18N2O4S. The Hall–Kier alpha value is -1.60. The van der Waals surface area contributed by atoms with Crippen molar-refractivity contribution in [2.75, 3.05) is 25.2 Å². The highest BCUT2D eigenvalue weighted by Crippen LogP contribution is 2.17. The average Bonchev–Trinajstić information content (AvgIpc) is 2.31. The maximum Gasteiger partial charge on any atom is 0.248 e. The molecule has 0 radical (unpaired) electrons. The van der Waals surface area contributed by atoms with Crippen LogP contribution in [-0.2, 0) is 20.3 Å². The second kappa shape index (κ2) is 6.53. The molecule has 1 amide bonds. The van der Waals surface area contributed by atoms with Crippen molar-refractivity contribution < 1.29 is 17.9 Å². The second-order valence-electron chi connectivity index (χ2n) is 4.22. The van der Waals surface area contributed by atoms with E-state index in [1.54, 1.807) is 0 Å². The highest BCUT2D eigenvalue weighted by Gasteiger charge is 2.14. The summed E-state index contributed by atoms with van der Waals surface area (Å²) in [4.78, 5) is 11.0. The molecule has 0 fully saturated rings. The highest BCUT2D eigenvalue weighted by atomic mass is 32.2. The zero-order chi connectivity index (χ0) is 14.5. The van der Waals surface area contributed by atoms with Gasteiger partial charge in [0, 0.05) is 25.0 Å². The minimum atomic E-state index is -3.24. The van der Waals surface area contributed by atoms with Crippen LogP contribution in [0.3, 0.4) is 0 Å². The number of ether oxygens (including phenoxy) is 1. The summed E-state index contributed by atoms with van der Waals surface area (Å²) >= 11 is 0. The predicted octanol–water partition coefficient (Wildman–Crippen LogP) is 0.319. The Morgan fingerprint density at radius 2 is 2.05 bits per heavy atom. The number of hydrogen-bond donors (Lipinski definition) is 2. The summed E-state index contributed by atoms with van der Waals surface area (Å²) in [6.45, 7) is 0.398. The normalized spacial score (nSPS) is 11.4. The van der Waals surface area contributed by atoms with E-state index in [2.05, 4.69) is 0 Å². The van der Waals surface area contributed by atoms with Crippen molar-refractivity contribution in [1.82, 2.24) is 0 Å². The van der Waals surface area contributed by atoms with Gasteiger partial charge in [-0.05, 0) is 24.1 Å². The minimum absolute atomic E-state index is 0.0395. The number of amides is 1. The third-order valence-electron chi connectivity index (χ3n) is 2.61. The van der Waals surface area contributed by atoms with E-state index in [4.69, 9.17) is 16.2 Å². The monoisotopic (exact) mass is 286 g/mol. The fourth-order valence-electron chi connectivity index (χ4n) is 1.61. The van der Waals surface area contributed by atoms with Crippen LogP contribution in [0.25, 0.3) is 0 Å². The third-order valence-corrected chi connectivity index (χ3v) is 4.27. The van der Waals surface area contributed by atoms with E-state index in [1.807, 2.05) is 0 Å². The topological polar surface area (TPSA) is 112 Å². The van der Waals surface area contributed by atoms with Gasteiger partial charge in [-0.1, -0.05) is 6.07 Å². The minimum Gasteiger partial charge on any atom is -0.398 e. The summed E-state index contributed by atoms with van der Waals surface area (Å²) in [7, 11) is -1.72. The zero-order valence-corrected chi connectivity index (χ0v) is 11.6. The van der Waals surface area contributed by atoms with E-state index in [-0.39, 0.29) is 22.8 Å². The van der Waals surface area contributed by atoms with Gasteiger partial charge in [-0.2, -0.15) is 0 Å². The van der Waals surface area contributed by atoms with Gasteiger partial charge in [0.15, 0.2) is 9.84 Å². The lowest BCUT2D eigenvalue weighted by Crippen LogP contribution is -2.14. The number of carbonyl (C=O) groups is 1. The summed E-state index contributed by atoms with van der Waals surface area (Å²) < 4.78 is 28.5. The van der Waals surface area contributed by atoms with E-state index in [0.717, 1.165) is 0 Å². The van der Waals surface area contributed by atoms with Gasteiger partial charge < -0.3 is 16.2 Å². The molecule has 1 rings (SSSR count). The van der Waals surface area contributed by atoms with Gasteiger partial charge in [-0.15, -0.1) is 0 Å². The van der Waals surface area contributed by atoms with Gasteiger partial charge >= 0.3 is 0 Å². The van der Waals surface area contributed by atoms with Crippen molar-refractivity contribution in [3.63, 3.8) is 0 Å². The first-order chi connectivity index (χ1) is 8.85. The van der Waals surface area contributed by atoms with Crippen LogP contribution in [0.5, 0.6) is 0 Å². The lowest BCUT2D eigenvalue weighted by molar-refractivity contribution is 0.100. The molecule has 0 bridgehead atoms. The number of primary amides is 1. The van der Waals surface area contributed by atoms with Crippen LogP contribution in [0.4, 0.5) is 5.69 Å². The molecule has 0 unspecified atom stereocenters. The number of hydrogen-bond acceptors (Lipinski definition) is 5. The molecule has 19 heavy (non-hydrogen) atoms. The molecule has 0 aliphatic carbocycles. The molecule has 0 aliphatic rings. The molecular weight excluding hydrogens is 268 g/mol. The van der Waals surface area contributed by atoms with E-state index in [0.29, 0.717) is 18.6 Å². The molecule has 4 N–H and O–H groups in total. The first-order valence-corrected chi connectivity index (χ1v) is 7.55. The highest BCUT2D eigenvalue weighted by molar-refractivity contribution is 7.90. The first kappa shape index (κ1) is 15.5. The van der Waals surface area contributed by atoms with Gasteiger partial charge in [0.2, 0.25) is 5.91 Å². The molecule has 7 heteroatoms. The number of benzene rings is 1. The first-order valence-electron chi connectivity index (χ1n) is 5.73. The molecule has 1 aromatic rings. The van der Waals surface area contributed by atoms with Crippen LogP contribution in [-0.4, -0.2) is 33.8 Å². The number of nitrogen functional groups attached to an aromatic ring is 1. The van der Waals surface area contributed by atoms with Gasteiger partial charge in [0.05, 0.1) is 11.5 Å². The van der Waals surface area contributed by atoms with Crippen molar-refractivity contribution in [3.8, 4) is 0 Å². The molecule has 0 spiro atoms. The molecule has 0 saturated heterocycles. The standard InChI is InChI=1S/C12H18N2O4S/c1-18-5-2-6-19(16,17)8-10-4-3-9(12(14)15)7-11(10)13/h3-4,7H,2,5-6,8,13H2,1H3,(H2,14,15). The van der Waals surface area contributed by atoms with Crippen molar-refractivity contribution >= 4 is 21.4 Å². The molecule has 6 nitrogen and oxygen atoms in total. The number of anilines is 1. The van der Waals surface area contributed by atoms with Gasteiger partial charge in [0.25, 0.3) is 0 Å². The fourth-order valence-corrected chi connectivity index (χ4v) is 3.05. The number of sulfone groups is 1. The maximum absolute atomic E-state index is 11.8. The average molecular weight is 286 g/mol. The molecule has 0 saturated carbocycles. The summed E-state index contributed by atoms with van der Waals surface area (Å²) in [6, 6.07) is 4.38. The zero-order valence-electron chi connectivity index (χ0n) is 10.8. The predicted molar refractivity (Wildman–Crippen MR) is 73.4 cm³/mol. The number of rotatable bonds is 7. The fraction of sp³-hybridized carbons (Fsp3) is 0.417. The van der Waals surface area contributed by atoms with Crippen LogP contribution in [0.1, 0.15) is 22.3 Å². The largest absolute Gasteiger partial charge is 0.398 e. The quantitative estimate of drug-likeness (QED) is 0.553. The van der Waals surface area contributed by atoms with Crippen LogP contribution in [0.15, 0.2) is 18.2 Å². The Bertz CT molecular complexity index is 555. The van der Waals surface area contributed by atoms with E-state index in [1.165, 1.54) is 25.3 Å². The summed E-state index contributed by atoms with van der Waals surface area (Å²) in [6.07, 6.45) is 0.443. The van der Waals surface area contributed by atoms with Crippen LogP contribution < -0.4 is 11.5 Å². The van der Waals surface area contributed by atoms with Crippen LogP contribution in [0.2, 0.25) is 0 Å². The molecule has 1 aromatic carbocycles. The summed E-state index contributed by atoms with van der Waals surface area (Å²) in [5.41, 5.74) is 11.8. The third kappa shape index (κ3) is 4.88. The number of methoxy groups -OCH3 is 1. The second-order valence-corrected chi connectivity index (χ2v) is 6.40. The maximum atomic E-state index is 11.8. The Labute approximate surface area is 112 Å². The van der Waals surface area contributed by atoms with E-state index >= 15 is 0 Å². The molecule has 0 heterocycles. The van der Waals surface area contributed by atoms with Gasteiger partial charge in [-0.25, -0.2) is 8.42 Å². The Morgan fingerprint density at radius 3 is 2.58 bits per heavy atom. The molecule has 0 aromatic heterocycles. The lowest BCUT2D eigenvalue weighted by atomic mass is 10.1. The summed E-state index contributed by atoms with van der Waals surface area (Å²) in [5, 5.41) is 0. The molecule has 0 aliphatic heterocycles. The lowest BCUT2D eigenvalue weighted by Gasteiger charge is -2.08. The smallest absolute Gasteiger partial charge is 0.248 e. The van der Waals surface area contributed by atoms with Crippen molar-refractivity contribution in [3.05, 3.63) is 29.3 Å². The van der Waals surface area contributed by atoms with Crippen molar-refractivity contribution in [2.24, 2.45) is 5.73 Å². The van der Waals surface area contributed by atoms with Crippen LogP contribution >= 0.6 is 0 Å². The number of nitrogens with two attached hydrogens (primary N) is 2. The Kier molecular flexibility index (Phi) is 5.31. The molecule has 106 valence electrons. The van der Waals surface area contributed by atoms with Gasteiger partial charge in [0.1, 0.15) is 0 Å². The van der Waals surface area contributed by atoms with Crippen molar-refractivity contribution in [2.45, 2.75) is 12.2 Å². The van der Waals surface area contributed by atoms with Crippen LogP contribution in [0, 0.1) is 0 Å². The molecule has 0 atom stereocenters. The van der Waals surface area contributed by atoms with Crippen molar-refractivity contribution in [1.29, 1.82) is 0 Å². The summed E-state index contributed by atoms with van der Waals surface area (Å²) in [5.74, 6) is -0.708. The van der Waals surface area contributed by atoms with Gasteiger partial charge in [-0.3, -0.25) is 4.79 Å².